The molecule has 0 unspecified atom stereocenters. The second-order valence-electron chi connectivity index (χ2n) is 7.53. The predicted octanol–water partition coefficient (Wildman–Crippen LogP) is 3.10. The highest BCUT2D eigenvalue weighted by molar-refractivity contribution is 7.89. The minimum atomic E-state index is -3.63. The summed E-state index contributed by atoms with van der Waals surface area (Å²) in [5.74, 6) is -1.08. The smallest absolute Gasteiger partial charge is 0.338 e. The van der Waals surface area contributed by atoms with Crippen LogP contribution < -0.4 is 5.32 Å². The average molecular weight is 425 g/mol. The summed E-state index contributed by atoms with van der Waals surface area (Å²) in [5.41, 5.74) is 0.117. The fraction of sp³-hybridized carbons (Fsp3) is 0.619. The first-order chi connectivity index (χ1) is 13.8. The highest BCUT2D eigenvalue weighted by atomic mass is 32.2. The van der Waals surface area contributed by atoms with E-state index < -0.39 is 16.0 Å². The van der Waals surface area contributed by atoms with Gasteiger partial charge < -0.3 is 10.1 Å². The molecule has 1 aliphatic rings. The van der Waals surface area contributed by atoms with Crippen LogP contribution in [0.3, 0.4) is 0 Å². The zero-order valence-corrected chi connectivity index (χ0v) is 18.2. The van der Waals surface area contributed by atoms with Crippen LogP contribution in [0.15, 0.2) is 29.2 Å². The summed E-state index contributed by atoms with van der Waals surface area (Å²) in [6.45, 7) is 4.64. The molecule has 1 aromatic carbocycles. The van der Waals surface area contributed by atoms with E-state index in [1.165, 1.54) is 28.6 Å². The van der Waals surface area contributed by atoms with Crippen molar-refractivity contribution in [3.05, 3.63) is 29.8 Å². The number of carbonyl (C=O) groups excluding carboxylic acids is 2. The SMILES string of the molecule is CCCCC[C@@H](C)NC(=O)COC(=O)c1cccc(S(=O)(=O)N2CCCCC2)c1. The minimum absolute atomic E-state index is 0.0192. The van der Waals surface area contributed by atoms with Crippen LogP contribution >= 0.6 is 0 Å². The lowest BCUT2D eigenvalue weighted by Gasteiger charge is -2.25. The molecule has 1 heterocycles. The van der Waals surface area contributed by atoms with E-state index in [1.807, 2.05) is 6.92 Å². The summed E-state index contributed by atoms with van der Waals surface area (Å²) >= 11 is 0. The largest absolute Gasteiger partial charge is 0.452 e. The number of unbranched alkanes of at least 4 members (excludes halogenated alkanes) is 2. The van der Waals surface area contributed by atoms with Crippen molar-refractivity contribution in [3.63, 3.8) is 0 Å². The van der Waals surface area contributed by atoms with E-state index in [1.54, 1.807) is 0 Å². The van der Waals surface area contributed by atoms with Crippen LogP contribution in [0, 0.1) is 0 Å². The second kappa shape index (κ2) is 11.3. The topological polar surface area (TPSA) is 92.8 Å². The number of ether oxygens (including phenoxy) is 1. The molecule has 0 bridgehead atoms. The number of hydrogen-bond acceptors (Lipinski definition) is 5. The first-order valence-electron chi connectivity index (χ1n) is 10.4. The maximum Gasteiger partial charge on any atom is 0.338 e. The van der Waals surface area contributed by atoms with Crippen molar-refractivity contribution in [2.75, 3.05) is 19.7 Å². The van der Waals surface area contributed by atoms with Crippen LogP contribution in [0.5, 0.6) is 0 Å². The summed E-state index contributed by atoms with van der Waals surface area (Å²) in [6.07, 6.45) is 6.86. The molecule has 0 aliphatic carbocycles. The lowest BCUT2D eigenvalue weighted by atomic mass is 10.1. The van der Waals surface area contributed by atoms with Gasteiger partial charge in [-0.05, 0) is 44.4 Å². The van der Waals surface area contributed by atoms with Gasteiger partial charge in [0.15, 0.2) is 6.61 Å². The number of esters is 1. The Hall–Kier alpha value is -1.93. The van der Waals surface area contributed by atoms with Gasteiger partial charge in [-0.2, -0.15) is 4.31 Å². The van der Waals surface area contributed by atoms with Crippen molar-refractivity contribution < 1.29 is 22.7 Å². The molecule has 1 amide bonds. The number of piperidine rings is 1. The van der Waals surface area contributed by atoms with Crippen molar-refractivity contribution >= 4 is 21.9 Å². The molecule has 1 saturated heterocycles. The molecule has 0 radical (unpaired) electrons. The molecule has 1 aromatic rings. The van der Waals surface area contributed by atoms with Crippen LogP contribution in [0.1, 0.15) is 69.2 Å². The molecule has 0 spiro atoms. The van der Waals surface area contributed by atoms with Gasteiger partial charge in [-0.3, -0.25) is 4.79 Å². The lowest BCUT2D eigenvalue weighted by molar-refractivity contribution is -0.124. The standard InChI is InChI=1S/C21H32N2O5S/c1-3-4-6-10-17(2)22-20(24)16-28-21(25)18-11-9-12-19(15-18)29(26,27)23-13-7-5-8-14-23/h9,11-12,15,17H,3-8,10,13-14,16H2,1-2H3,(H,22,24)/t17-/m1/s1. The van der Waals surface area contributed by atoms with Gasteiger partial charge in [0.25, 0.3) is 5.91 Å². The van der Waals surface area contributed by atoms with Crippen LogP contribution in [0.25, 0.3) is 0 Å². The highest BCUT2D eigenvalue weighted by Crippen LogP contribution is 2.21. The molecule has 2 rings (SSSR count). The van der Waals surface area contributed by atoms with Gasteiger partial charge in [0.05, 0.1) is 10.5 Å². The number of nitrogens with one attached hydrogen (secondary N) is 1. The van der Waals surface area contributed by atoms with E-state index in [0.717, 1.165) is 44.9 Å². The minimum Gasteiger partial charge on any atom is -0.452 e. The average Bonchev–Trinajstić information content (AvgIpc) is 2.73. The van der Waals surface area contributed by atoms with Crippen LogP contribution in [-0.4, -0.2) is 50.3 Å². The van der Waals surface area contributed by atoms with Gasteiger partial charge in [-0.1, -0.05) is 38.7 Å². The first kappa shape index (κ1) is 23.3. The van der Waals surface area contributed by atoms with E-state index >= 15 is 0 Å². The van der Waals surface area contributed by atoms with Crippen molar-refractivity contribution in [3.8, 4) is 0 Å². The van der Waals surface area contributed by atoms with E-state index in [9.17, 15) is 18.0 Å². The Labute approximate surface area is 173 Å². The number of amides is 1. The molecule has 1 N–H and O–H groups in total. The summed E-state index contributed by atoms with van der Waals surface area (Å²) in [7, 11) is -3.63. The van der Waals surface area contributed by atoms with Gasteiger partial charge in [0.1, 0.15) is 0 Å². The zero-order valence-electron chi connectivity index (χ0n) is 17.4. The molecule has 7 nitrogen and oxygen atoms in total. The fourth-order valence-electron chi connectivity index (χ4n) is 3.34. The summed E-state index contributed by atoms with van der Waals surface area (Å²) in [6, 6.07) is 5.82. The van der Waals surface area contributed by atoms with Crippen molar-refractivity contribution in [1.82, 2.24) is 9.62 Å². The van der Waals surface area contributed by atoms with Gasteiger partial charge in [-0.15, -0.1) is 0 Å². The Morgan fingerprint density at radius 2 is 1.90 bits per heavy atom. The number of sulfonamides is 1. The highest BCUT2D eigenvalue weighted by Gasteiger charge is 2.26. The number of carbonyl (C=O) groups is 2. The Bertz CT molecular complexity index is 788. The van der Waals surface area contributed by atoms with Gasteiger partial charge in [0, 0.05) is 19.1 Å². The third kappa shape index (κ3) is 7.12. The molecule has 0 aromatic heterocycles. The fourth-order valence-corrected chi connectivity index (χ4v) is 4.90. The Kier molecular flexibility index (Phi) is 9.10. The molecule has 29 heavy (non-hydrogen) atoms. The second-order valence-corrected chi connectivity index (χ2v) is 9.47. The normalized spacial score (nSPS) is 16.2. The van der Waals surface area contributed by atoms with E-state index in [0.29, 0.717) is 13.1 Å². The predicted molar refractivity (Wildman–Crippen MR) is 111 cm³/mol. The van der Waals surface area contributed by atoms with Crippen molar-refractivity contribution in [1.29, 1.82) is 0 Å². The van der Waals surface area contributed by atoms with Gasteiger partial charge >= 0.3 is 5.97 Å². The van der Waals surface area contributed by atoms with Gasteiger partial charge in [0.2, 0.25) is 10.0 Å². The molecule has 1 atom stereocenters. The van der Waals surface area contributed by atoms with E-state index in [-0.39, 0.29) is 29.0 Å². The summed E-state index contributed by atoms with van der Waals surface area (Å²) in [5, 5.41) is 2.81. The third-order valence-electron chi connectivity index (χ3n) is 5.00. The van der Waals surface area contributed by atoms with Gasteiger partial charge in [-0.25, -0.2) is 13.2 Å². The number of benzene rings is 1. The molecule has 1 fully saturated rings. The zero-order chi connectivity index (χ0) is 21.3. The first-order valence-corrected chi connectivity index (χ1v) is 11.8. The van der Waals surface area contributed by atoms with Crippen LogP contribution in [0.4, 0.5) is 0 Å². The Morgan fingerprint density at radius 3 is 2.59 bits per heavy atom. The molecule has 0 saturated carbocycles. The lowest BCUT2D eigenvalue weighted by Crippen LogP contribution is -2.36. The summed E-state index contributed by atoms with van der Waals surface area (Å²) < 4.78 is 32.1. The van der Waals surface area contributed by atoms with Crippen molar-refractivity contribution in [2.24, 2.45) is 0 Å². The molecular formula is C21H32N2O5S. The quantitative estimate of drug-likeness (QED) is 0.460. The monoisotopic (exact) mass is 424 g/mol. The number of nitrogens with zero attached hydrogens (tertiary/aromatic N) is 1. The molecule has 8 heteroatoms. The van der Waals surface area contributed by atoms with E-state index in [4.69, 9.17) is 4.74 Å². The van der Waals surface area contributed by atoms with Crippen LogP contribution in [-0.2, 0) is 19.6 Å². The maximum absolute atomic E-state index is 12.8. The number of hydrogen-bond donors (Lipinski definition) is 1. The van der Waals surface area contributed by atoms with E-state index in [2.05, 4.69) is 12.2 Å². The molecule has 1 aliphatic heterocycles. The Morgan fingerprint density at radius 1 is 1.17 bits per heavy atom. The third-order valence-corrected chi connectivity index (χ3v) is 6.90. The maximum atomic E-state index is 12.8. The summed E-state index contributed by atoms with van der Waals surface area (Å²) in [4.78, 5) is 24.3. The molecular weight excluding hydrogens is 392 g/mol. The number of rotatable bonds is 10. The van der Waals surface area contributed by atoms with Crippen molar-refractivity contribution in [2.45, 2.75) is 69.7 Å². The molecule has 162 valence electrons. The Balaban J connectivity index is 1.91. The van der Waals surface area contributed by atoms with Crippen LogP contribution in [0.2, 0.25) is 0 Å².